The minimum absolute atomic E-state index is 0. The molecule has 2 aliphatic heterocycles. The van der Waals surface area contributed by atoms with E-state index in [1.54, 1.807) is 29.1 Å². The largest absolute Gasteiger partial charge is 0.396 e. The second-order valence-corrected chi connectivity index (χ2v) is 16.1. The van der Waals surface area contributed by atoms with Gasteiger partial charge in [-0.1, -0.05) is 20.8 Å². The highest BCUT2D eigenvalue weighted by Crippen LogP contribution is 2.29. The molecule has 6 aromatic rings. The van der Waals surface area contributed by atoms with E-state index in [1.807, 2.05) is 20.8 Å². The molecule has 20 heteroatoms. The first kappa shape index (κ1) is 46.7. The summed E-state index contributed by atoms with van der Waals surface area (Å²) >= 11 is 8.65. The van der Waals surface area contributed by atoms with E-state index in [4.69, 9.17) is 22.4 Å². The summed E-state index contributed by atoms with van der Waals surface area (Å²) in [5.74, 6) is -0.626. The lowest BCUT2D eigenvalue weighted by atomic mass is 10.1. The van der Waals surface area contributed by atoms with Gasteiger partial charge in [0.25, 0.3) is 11.8 Å². The van der Waals surface area contributed by atoms with Gasteiger partial charge in [-0.3, -0.25) is 19.6 Å². The molecule has 6 aromatic heterocycles. The Bertz CT molecular complexity index is 2340. The molecule has 59 heavy (non-hydrogen) atoms. The van der Waals surface area contributed by atoms with Gasteiger partial charge in [-0.25, -0.2) is 28.7 Å². The summed E-state index contributed by atoms with van der Waals surface area (Å²) in [7, 11) is 0. The zero-order chi connectivity index (χ0) is 41.9. The van der Waals surface area contributed by atoms with Crippen molar-refractivity contribution in [3.63, 3.8) is 0 Å². The fourth-order valence-corrected chi connectivity index (χ4v) is 7.14. The first-order valence-electron chi connectivity index (χ1n) is 18.7. The molecule has 2 aliphatic rings. The highest BCUT2D eigenvalue weighted by Gasteiger charge is 2.28. The highest BCUT2D eigenvalue weighted by molar-refractivity contribution is 7.19. The molecule has 2 fully saturated rings. The Hall–Kier alpha value is -4.95. The van der Waals surface area contributed by atoms with Crippen molar-refractivity contribution in [3.05, 3.63) is 86.4 Å². The number of fused-ring (bicyclic) bond motifs is 2. The lowest BCUT2D eigenvalue weighted by molar-refractivity contribution is 0.0641. The van der Waals surface area contributed by atoms with Crippen LogP contribution >= 0.6 is 34.3 Å². The van der Waals surface area contributed by atoms with E-state index in [1.165, 1.54) is 34.8 Å². The number of thiazole rings is 2. The maximum absolute atomic E-state index is 13.4. The molecule has 8 heterocycles. The van der Waals surface area contributed by atoms with Gasteiger partial charge in [0.2, 0.25) is 11.2 Å². The van der Waals surface area contributed by atoms with Crippen molar-refractivity contribution >= 4 is 72.7 Å². The molecule has 0 aliphatic carbocycles. The van der Waals surface area contributed by atoms with E-state index in [2.05, 4.69) is 52.1 Å². The number of unbranched alkanes of at least 4 members (excludes halogenated alkanes) is 1. The Kier molecular flexibility index (Phi) is 17.3. The summed E-state index contributed by atoms with van der Waals surface area (Å²) in [5.41, 5.74) is 8.62. The molecule has 0 unspecified atom stereocenters. The van der Waals surface area contributed by atoms with Gasteiger partial charge in [0.05, 0.1) is 28.5 Å². The van der Waals surface area contributed by atoms with Crippen molar-refractivity contribution in [3.8, 4) is 0 Å². The number of likely N-dealkylation sites (tertiary alicyclic amines) is 2. The number of aromatic nitrogens is 8. The summed E-state index contributed by atoms with van der Waals surface area (Å²) < 4.78 is 27.2. The minimum atomic E-state index is -0.406. The molecule has 2 atom stereocenters. The van der Waals surface area contributed by atoms with Gasteiger partial charge in [-0.2, -0.15) is 9.97 Å². The number of carbonyl (C=O) groups is 2. The molecule has 0 bridgehead atoms. The Morgan fingerprint density at radius 2 is 1.31 bits per heavy atom. The van der Waals surface area contributed by atoms with E-state index in [9.17, 15) is 18.4 Å². The SMILES string of the molecule is C.CCCCO.C[C@H](N)c1cncc(F)c1.Cc1nc2nc(Cl)nc(C(=O)N3CCC3)c2s1.Cc1nc2nc(N[C@@H](C)c3cncc(F)c3)nc(C(=O)N3CCC3)c2s1. The number of amides is 2. The number of carbonyl (C=O) groups excluding carboxylic acids is 2. The van der Waals surface area contributed by atoms with Gasteiger partial charge in [0.1, 0.15) is 21.0 Å². The Morgan fingerprint density at radius 3 is 1.73 bits per heavy atom. The summed E-state index contributed by atoms with van der Waals surface area (Å²) in [4.78, 5) is 61.5. The van der Waals surface area contributed by atoms with E-state index in [0.29, 0.717) is 45.5 Å². The highest BCUT2D eigenvalue weighted by atomic mass is 35.5. The van der Waals surface area contributed by atoms with Crippen LogP contribution in [-0.2, 0) is 0 Å². The molecule has 316 valence electrons. The molecule has 4 N–H and O–H groups in total. The molecule has 2 amide bonds. The van der Waals surface area contributed by atoms with Crippen LogP contribution in [-0.4, -0.2) is 99.4 Å². The van der Waals surface area contributed by atoms with Gasteiger partial charge in [-0.05, 0) is 81.8 Å². The number of hydrogen-bond acceptors (Lipinski definition) is 15. The van der Waals surface area contributed by atoms with E-state index >= 15 is 0 Å². The minimum Gasteiger partial charge on any atom is -0.396 e. The molecular formula is C39H49ClF2N12O3S2. The summed E-state index contributed by atoms with van der Waals surface area (Å²) in [6, 6.07) is 2.37. The third-order valence-electron chi connectivity index (χ3n) is 8.72. The van der Waals surface area contributed by atoms with Crippen molar-refractivity contribution in [1.82, 2.24) is 49.7 Å². The van der Waals surface area contributed by atoms with Crippen LogP contribution in [0.4, 0.5) is 14.7 Å². The van der Waals surface area contributed by atoms with Crippen LogP contribution < -0.4 is 11.1 Å². The number of hydrogen-bond donors (Lipinski definition) is 3. The molecule has 0 saturated carbocycles. The van der Waals surface area contributed by atoms with Crippen LogP contribution in [0.25, 0.3) is 20.7 Å². The fraction of sp³-hybridized carbons (Fsp3) is 0.436. The fourth-order valence-electron chi connectivity index (χ4n) is 5.30. The number of rotatable bonds is 8. The van der Waals surface area contributed by atoms with Crippen LogP contribution in [0.15, 0.2) is 36.9 Å². The number of aliphatic hydroxyl groups is 1. The van der Waals surface area contributed by atoms with Crippen molar-refractivity contribution in [1.29, 1.82) is 0 Å². The van der Waals surface area contributed by atoms with Crippen molar-refractivity contribution in [2.45, 2.75) is 79.8 Å². The van der Waals surface area contributed by atoms with Crippen LogP contribution in [0.1, 0.15) is 108 Å². The molecule has 15 nitrogen and oxygen atoms in total. The number of nitrogens with one attached hydrogen (secondary N) is 1. The second-order valence-electron chi connectivity index (χ2n) is 13.4. The predicted octanol–water partition coefficient (Wildman–Crippen LogP) is 7.50. The Balaban J connectivity index is 0.000000200. The van der Waals surface area contributed by atoms with E-state index < -0.39 is 5.82 Å². The summed E-state index contributed by atoms with van der Waals surface area (Å²) in [6.07, 6.45) is 9.56. The zero-order valence-corrected chi connectivity index (χ0v) is 35.1. The average molecular weight is 871 g/mol. The molecule has 2 saturated heterocycles. The predicted molar refractivity (Wildman–Crippen MR) is 228 cm³/mol. The number of nitrogens with two attached hydrogens (primary N) is 1. The normalized spacial score (nSPS) is 13.9. The number of aliphatic hydroxyl groups excluding tert-OH is 1. The number of nitrogens with zero attached hydrogens (tertiary/aromatic N) is 10. The topological polar surface area (TPSA) is 202 Å². The number of pyridine rings is 2. The standard InChI is InChI=1S/C17H17FN6OS.C10H9ClN4OS.C7H9FN2.C4H10O.CH4/c1-9(11-6-12(18)8-19-7-11)20-17-22-13(16(25)24-4-3-5-24)14-15(23-17)21-10(2)26-14;1-5-12-8-7(17-5)6(13-10(11)14-8)9(16)15-3-2-4-15;1-5(9)6-2-7(8)4-10-3-6;1-2-3-4-5;/h6-9H,3-5H2,1-2H3,(H,20,22,23);2-4H2,1H3;2-5H,9H2,1H3;5H,2-4H2,1H3;1H4/t9-;;5-;;/m0.0../s1. The number of aryl methyl sites for hydroxylation is 2. The first-order valence-corrected chi connectivity index (χ1v) is 20.7. The summed E-state index contributed by atoms with van der Waals surface area (Å²) in [6.45, 7) is 12.9. The average Bonchev–Trinajstić information content (AvgIpc) is 3.70. The van der Waals surface area contributed by atoms with Crippen LogP contribution in [0.5, 0.6) is 0 Å². The van der Waals surface area contributed by atoms with E-state index in [-0.39, 0.29) is 42.4 Å². The van der Waals surface area contributed by atoms with Gasteiger partial charge in [0, 0.05) is 51.2 Å². The van der Waals surface area contributed by atoms with Crippen molar-refractivity contribution in [2.75, 3.05) is 38.1 Å². The van der Waals surface area contributed by atoms with Gasteiger partial charge in [0.15, 0.2) is 22.7 Å². The lowest BCUT2D eigenvalue weighted by Crippen LogP contribution is -2.42. The molecule has 0 spiro atoms. The Morgan fingerprint density at radius 1 is 0.814 bits per heavy atom. The Labute approximate surface area is 354 Å². The van der Waals surface area contributed by atoms with Gasteiger partial charge < -0.3 is 26.0 Å². The quantitative estimate of drug-likeness (QED) is 0.127. The second kappa shape index (κ2) is 21.9. The molecule has 0 aromatic carbocycles. The smallest absolute Gasteiger partial charge is 0.274 e. The van der Waals surface area contributed by atoms with Crippen molar-refractivity contribution < 1.29 is 23.5 Å². The van der Waals surface area contributed by atoms with Crippen LogP contribution in [0.2, 0.25) is 5.28 Å². The van der Waals surface area contributed by atoms with E-state index in [0.717, 1.165) is 84.5 Å². The van der Waals surface area contributed by atoms with Crippen LogP contribution in [0, 0.1) is 25.5 Å². The number of anilines is 1. The maximum Gasteiger partial charge on any atom is 0.274 e. The van der Waals surface area contributed by atoms with Gasteiger partial charge >= 0.3 is 0 Å². The molecule has 0 radical (unpaired) electrons. The number of halogens is 3. The maximum atomic E-state index is 13.4. The third kappa shape index (κ3) is 12.5. The molecule has 8 rings (SSSR count). The monoisotopic (exact) mass is 870 g/mol. The third-order valence-corrected chi connectivity index (χ3v) is 10.8. The molecular weight excluding hydrogens is 822 g/mol. The van der Waals surface area contributed by atoms with Crippen LogP contribution in [0.3, 0.4) is 0 Å². The zero-order valence-electron chi connectivity index (χ0n) is 32.7. The lowest BCUT2D eigenvalue weighted by Gasteiger charge is -2.30. The first-order chi connectivity index (χ1) is 27.8. The summed E-state index contributed by atoms with van der Waals surface area (Å²) in [5, 5.41) is 12.9. The van der Waals surface area contributed by atoms with Crippen molar-refractivity contribution in [2.24, 2.45) is 5.73 Å². The van der Waals surface area contributed by atoms with Gasteiger partial charge in [-0.15, -0.1) is 22.7 Å².